The van der Waals surface area contributed by atoms with Crippen LogP contribution in [0.15, 0.2) is 47.4 Å². The zero-order valence-electron chi connectivity index (χ0n) is 26.5. The zero-order chi connectivity index (χ0) is 33.2. The Labute approximate surface area is 274 Å². The first-order valence-corrected chi connectivity index (χ1v) is 17.7. The predicted octanol–water partition coefficient (Wildman–Crippen LogP) is 5.55. The molecule has 1 aromatic heterocycles. The first-order valence-electron chi connectivity index (χ1n) is 16.1. The van der Waals surface area contributed by atoms with Crippen LogP contribution in [-0.2, 0) is 21.3 Å². The molecular formula is C34H42F3N5O4S. The molecule has 9 nitrogen and oxygen atoms in total. The number of methoxy groups -OCH3 is 1. The van der Waals surface area contributed by atoms with Crippen molar-refractivity contribution < 1.29 is 31.1 Å². The number of fused-ring (bicyclic) bond motifs is 1. The van der Waals surface area contributed by atoms with Gasteiger partial charge in [-0.15, -0.1) is 0 Å². The lowest BCUT2D eigenvalue weighted by atomic mass is 9.77. The summed E-state index contributed by atoms with van der Waals surface area (Å²) < 4.78 is 76.7. The Morgan fingerprint density at radius 2 is 1.83 bits per heavy atom. The summed E-state index contributed by atoms with van der Waals surface area (Å²) in [6.45, 7) is 3.00. The zero-order valence-corrected chi connectivity index (χ0v) is 27.4. The second-order valence-corrected chi connectivity index (χ2v) is 14.6. The van der Waals surface area contributed by atoms with Crippen LogP contribution in [0.5, 0.6) is 5.75 Å². The molecule has 3 aliphatic rings. The van der Waals surface area contributed by atoms with Crippen molar-refractivity contribution in [3.8, 4) is 17.6 Å². The number of ether oxygens (including phenoxy) is 2. The average molecular weight is 674 g/mol. The number of anilines is 2. The summed E-state index contributed by atoms with van der Waals surface area (Å²) in [5, 5.41) is 12.6. The maximum atomic E-state index is 13.7. The van der Waals surface area contributed by atoms with Gasteiger partial charge in [-0.2, -0.15) is 13.2 Å². The fourth-order valence-corrected chi connectivity index (χ4v) is 7.87. The van der Waals surface area contributed by atoms with Gasteiger partial charge in [0.2, 0.25) is 10.0 Å². The molecule has 0 radical (unpaired) electrons. The number of alkyl halides is 3. The van der Waals surface area contributed by atoms with Crippen LogP contribution in [0, 0.1) is 17.3 Å². The van der Waals surface area contributed by atoms with Gasteiger partial charge in [-0.3, -0.25) is 0 Å². The molecule has 3 aromatic rings. The predicted molar refractivity (Wildman–Crippen MR) is 176 cm³/mol. The molecule has 4 N–H and O–H groups in total. The number of hydrogen-bond donors (Lipinski definition) is 3. The lowest BCUT2D eigenvalue weighted by molar-refractivity contribution is -0.140. The van der Waals surface area contributed by atoms with Gasteiger partial charge in [0.15, 0.2) is 0 Å². The smallest absolute Gasteiger partial charge is 0.406 e. The highest BCUT2D eigenvalue weighted by molar-refractivity contribution is 7.89. The van der Waals surface area contributed by atoms with Crippen LogP contribution in [0.3, 0.4) is 0 Å². The number of rotatable bonds is 8. The lowest BCUT2D eigenvalue weighted by Crippen LogP contribution is -2.47. The van der Waals surface area contributed by atoms with Gasteiger partial charge >= 0.3 is 6.18 Å². The second-order valence-electron chi connectivity index (χ2n) is 13.0. The second kappa shape index (κ2) is 13.6. The van der Waals surface area contributed by atoms with E-state index in [4.69, 9.17) is 14.6 Å². The molecule has 3 heterocycles. The van der Waals surface area contributed by atoms with Crippen LogP contribution in [0.25, 0.3) is 10.9 Å². The average Bonchev–Trinajstić information content (AvgIpc) is 3.63. The fourth-order valence-electron chi connectivity index (χ4n) is 7.34. The number of halogens is 3. The van der Waals surface area contributed by atoms with Gasteiger partial charge in [0.25, 0.3) is 0 Å². The molecule has 1 spiro atoms. The highest BCUT2D eigenvalue weighted by atomic mass is 32.2. The molecule has 2 aromatic carbocycles. The van der Waals surface area contributed by atoms with Gasteiger partial charge in [0.05, 0.1) is 42.1 Å². The van der Waals surface area contributed by atoms with Gasteiger partial charge < -0.3 is 29.6 Å². The summed E-state index contributed by atoms with van der Waals surface area (Å²) in [7, 11) is -2.52. The molecule has 13 heteroatoms. The van der Waals surface area contributed by atoms with Crippen molar-refractivity contribution in [2.24, 2.45) is 10.6 Å². The third kappa shape index (κ3) is 7.83. The van der Waals surface area contributed by atoms with Crippen LogP contribution in [0.1, 0.15) is 50.6 Å². The van der Waals surface area contributed by atoms with Gasteiger partial charge in [0.1, 0.15) is 12.3 Å². The van der Waals surface area contributed by atoms with Crippen molar-refractivity contribution in [2.45, 2.75) is 74.6 Å². The Hall–Kier alpha value is -3.44. The van der Waals surface area contributed by atoms with Crippen LogP contribution in [0.2, 0.25) is 0 Å². The fraction of sp³-hybridized carbons (Fsp3) is 0.529. The van der Waals surface area contributed by atoms with E-state index in [0.717, 1.165) is 57.7 Å². The number of primary sulfonamides is 1. The number of aromatic nitrogens is 1. The van der Waals surface area contributed by atoms with E-state index in [1.54, 1.807) is 18.2 Å². The first-order chi connectivity index (χ1) is 22.4. The van der Waals surface area contributed by atoms with Crippen molar-refractivity contribution in [3.05, 3.63) is 48.2 Å². The van der Waals surface area contributed by atoms with E-state index in [1.165, 1.54) is 49.1 Å². The van der Waals surface area contributed by atoms with Gasteiger partial charge in [-0.05, 0) is 99.7 Å². The van der Waals surface area contributed by atoms with E-state index in [0.29, 0.717) is 28.0 Å². The summed E-state index contributed by atoms with van der Waals surface area (Å²) in [6, 6.07) is 12.1. The standard InChI is InChI=1S/C34H42F3N5O4S/c1-45-32-21-27(47(38,43)44)11-12-30(32)39-16-3-4-26-20-28-29(5-2-6-31(28)42(26)22-34(35,36)37)40-24-7-9-25(10-8-24)41-17-13-33(14-18-41)15-19-46-23-33/h2,5-6,11-12,20-21,24-25,39-40H,7-10,13-19,22-23H2,1H3,(H2,38,43,44)/t24-,25-. The summed E-state index contributed by atoms with van der Waals surface area (Å²) in [5.41, 5.74) is 2.40. The molecule has 254 valence electrons. The van der Waals surface area contributed by atoms with Crippen LogP contribution >= 0.6 is 0 Å². The van der Waals surface area contributed by atoms with Crippen molar-refractivity contribution >= 4 is 32.3 Å². The minimum atomic E-state index is -4.43. The van der Waals surface area contributed by atoms with E-state index in [2.05, 4.69) is 27.4 Å². The molecule has 0 bridgehead atoms. The maximum absolute atomic E-state index is 13.7. The van der Waals surface area contributed by atoms with Crippen LogP contribution in [-0.4, -0.2) is 76.1 Å². The third-order valence-electron chi connectivity index (χ3n) is 9.98. The maximum Gasteiger partial charge on any atom is 0.406 e. The number of hydrogen-bond acceptors (Lipinski definition) is 7. The number of nitrogens with zero attached hydrogens (tertiary/aromatic N) is 2. The van der Waals surface area contributed by atoms with Crippen LogP contribution in [0.4, 0.5) is 24.5 Å². The number of likely N-dealkylation sites (tertiary alicyclic amines) is 1. The monoisotopic (exact) mass is 673 g/mol. The Balaban J connectivity index is 1.13. The number of nitrogens with one attached hydrogen (secondary N) is 2. The molecule has 1 saturated carbocycles. The lowest BCUT2D eigenvalue weighted by Gasteiger charge is -2.44. The van der Waals surface area contributed by atoms with E-state index in [1.807, 2.05) is 6.07 Å². The topological polar surface area (TPSA) is 111 Å². The van der Waals surface area contributed by atoms with E-state index in [9.17, 15) is 21.6 Å². The number of sulfonamides is 1. The molecule has 2 saturated heterocycles. The Kier molecular flexibility index (Phi) is 9.67. The molecule has 0 unspecified atom stereocenters. The molecule has 47 heavy (non-hydrogen) atoms. The van der Waals surface area contributed by atoms with Gasteiger partial charge in [-0.1, -0.05) is 12.0 Å². The Morgan fingerprint density at radius 3 is 2.49 bits per heavy atom. The molecule has 0 amide bonds. The normalized spacial score (nSPS) is 21.8. The van der Waals surface area contributed by atoms with Crippen molar-refractivity contribution in [3.63, 3.8) is 0 Å². The minimum absolute atomic E-state index is 0.0821. The van der Waals surface area contributed by atoms with E-state index in [-0.39, 0.29) is 28.9 Å². The quantitative estimate of drug-likeness (QED) is 0.269. The number of benzene rings is 2. The Bertz CT molecular complexity index is 1740. The first kappa shape index (κ1) is 33.5. The van der Waals surface area contributed by atoms with Crippen molar-refractivity contribution in [2.75, 3.05) is 50.6 Å². The molecule has 6 rings (SSSR count). The van der Waals surface area contributed by atoms with Crippen molar-refractivity contribution in [1.29, 1.82) is 0 Å². The highest BCUT2D eigenvalue weighted by Gasteiger charge is 2.40. The third-order valence-corrected chi connectivity index (χ3v) is 10.9. The van der Waals surface area contributed by atoms with E-state index < -0.39 is 22.7 Å². The van der Waals surface area contributed by atoms with Gasteiger partial charge in [-0.25, -0.2) is 13.6 Å². The summed E-state index contributed by atoms with van der Waals surface area (Å²) in [4.78, 5) is 2.56. The minimum Gasteiger partial charge on any atom is -0.495 e. The number of piperidine rings is 1. The molecule has 2 aliphatic heterocycles. The van der Waals surface area contributed by atoms with Crippen molar-refractivity contribution in [1.82, 2.24) is 9.47 Å². The van der Waals surface area contributed by atoms with Crippen LogP contribution < -0.4 is 20.5 Å². The molecule has 3 fully saturated rings. The largest absolute Gasteiger partial charge is 0.495 e. The number of nitrogens with two attached hydrogens (primary N) is 1. The van der Waals surface area contributed by atoms with E-state index >= 15 is 0 Å². The Morgan fingerprint density at radius 1 is 1.06 bits per heavy atom. The highest BCUT2D eigenvalue weighted by Crippen LogP contribution is 2.41. The summed E-state index contributed by atoms with van der Waals surface area (Å²) in [5.74, 6) is 6.07. The SMILES string of the molecule is COc1cc(S(N)(=O)=O)ccc1NCC#Cc1cc2c(N[C@H]3CC[C@H](N4CCC5(CCOC5)CC4)CC3)cccc2n1CC(F)(F)F. The van der Waals surface area contributed by atoms with Gasteiger partial charge in [0, 0.05) is 35.8 Å². The molecule has 0 atom stereocenters. The summed E-state index contributed by atoms with van der Waals surface area (Å²) >= 11 is 0. The molecule has 1 aliphatic carbocycles. The molecular weight excluding hydrogens is 631 g/mol. The summed E-state index contributed by atoms with van der Waals surface area (Å²) in [6.07, 6.45) is 3.41.